The first-order chi connectivity index (χ1) is 10.5. The van der Waals surface area contributed by atoms with Gasteiger partial charge < -0.3 is 10.6 Å². The van der Waals surface area contributed by atoms with Gasteiger partial charge >= 0.3 is 6.03 Å². The van der Waals surface area contributed by atoms with Crippen molar-refractivity contribution in [2.24, 2.45) is 7.05 Å². The third-order valence-electron chi connectivity index (χ3n) is 2.76. The van der Waals surface area contributed by atoms with Gasteiger partial charge in [0.25, 0.3) is 0 Å². The summed E-state index contributed by atoms with van der Waals surface area (Å²) in [5, 5.41) is 10.5. The molecule has 0 saturated heterocycles. The lowest BCUT2D eigenvalue weighted by Crippen LogP contribution is -2.29. The minimum Gasteiger partial charge on any atom is -0.331 e. The maximum atomic E-state index is 12.0. The molecule has 118 valence electrons. The van der Waals surface area contributed by atoms with Gasteiger partial charge in [-0.2, -0.15) is 5.10 Å². The Labute approximate surface area is 138 Å². The van der Waals surface area contributed by atoms with Crippen molar-refractivity contribution in [2.75, 3.05) is 5.32 Å². The fourth-order valence-electron chi connectivity index (χ4n) is 1.76. The van der Waals surface area contributed by atoms with Crippen LogP contribution in [0.1, 0.15) is 19.7 Å². The van der Waals surface area contributed by atoms with Gasteiger partial charge in [-0.1, -0.05) is 25.4 Å². The lowest BCUT2D eigenvalue weighted by atomic mass is 10.3. The second-order valence-electron chi connectivity index (χ2n) is 4.91. The van der Waals surface area contributed by atoms with Crippen LogP contribution >= 0.6 is 23.4 Å². The Morgan fingerprint density at radius 1 is 1.45 bits per heavy atom. The highest BCUT2D eigenvalue weighted by molar-refractivity contribution is 8.00. The predicted molar refractivity (Wildman–Crippen MR) is 89.3 cm³/mol. The van der Waals surface area contributed by atoms with E-state index in [0.29, 0.717) is 28.3 Å². The highest BCUT2D eigenvalue weighted by Gasteiger charge is 2.10. The van der Waals surface area contributed by atoms with Gasteiger partial charge in [-0.25, -0.2) is 9.78 Å². The first-order valence-electron chi connectivity index (χ1n) is 6.79. The molecule has 0 aliphatic carbocycles. The number of nitrogens with zero attached hydrogens (tertiary/aromatic N) is 3. The largest absolute Gasteiger partial charge is 0.331 e. The van der Waals surface area contributed by atoms with Gasteiger partial charge in [0, 0.05) is 22.2 Å². The number of thioether (sulfide) groups is 1. The van der Waals surface area contributed by atoms with E-state index in [-0.39, 0.29) is 6.03 Å². The van der Waals surface area contributed by atoms with Gasteiger partial charge in [-0.15, -0.1) is 11.8 Å². The second-order valence-corrected chi connectivity index (χ2v) is 6.97. The molecule has 0 aliphatic rings. The van der Waals surface area contributed by atoms with Crippen LogP contribution in [0.5, 0.6) is 0 Å². The second kappa shape index (κ2) is 7.51. The Morgan fingerprint density at radius 3 is 2.86 bits per heavy atom. The molecular formula is C14H18ClN5OS. The zero-order valence-electron chi connectivity index (χ0n) is 12.6. The van der Waals surface area contributed by atoms with Crippen LogP contribution < -0.4 is 10.6 Å². The fraction of sp³-hybridized carbons (Fsp3) is 0.357. The van der Waals surface area contributed by atoms with Crippen molar-refractivity contribution in [3.63, 3.8) is 0 Å². The average molecular weight is 340 g/mol. The van der Waals surface area contributed by atoms with Gasteiger partial charge in [0.15, 0.2) is 0 Å². The molecule has 2 N–H and O–H groups in total. The number of hydrogen-bond donors (Lipinski definition) is 2. The van der Waals surface area contributed by atoms with Crippen LogP contribution in [0.25, 0.3) is 0 Å². The molecule has 2 rings (SSSR count). The number of carbonyl (C=O) groups is 1. The summed E-state index contributed by atoms with van der Waals surface area (Å²) in [7, 11) is 1.77. The molecule has 22 heavy (non-hydrogen) atoms. The summed E-state index contributed by atoms with van der Waals surface area (Å²) in [6, 6.07) is 5.16. The summed E-state index contributed by atoms with van der Waals surface area (Å²) in [5.74, 6) is 0.679. The topological polar surface area (TPSA) is 71.8 Å². The molecule has 2 amide bonds. The summed E-state index contributed by atoms with van der Waals surface area (Å²) >= 11 is 7.68. The molecule has 0 spiro atoms. The Kier molecular flexibility index (Phi) is 5.68. The van der Waals surface area contributed by atoms with Crippen LogP contribution in [-0.2, 0) is 13.6 Å². The van der Waals surface area contributed by atoms with Crippen molar-refractivity contribution < 1.29 is 4.79 Å². The molecule has 1 heterocycles. The van der Waals surface area contributed by atoms with Crippen molar-refractivity contribution >= 4 is 35.1 Å². The molecule has 0 aliphatic heterocycles. The molecular weight excluding hydrogens is 322 g/mol. The third kappa shape index (κ3) is 4.64. The van der Waals surface area contributed by atoms with Gasteiger partial charge in [0.2, 0.25) is 0 Å². The number of aryl methyl sites for hydroxylation is 1. The Balaban J connectivity index is 2.01. The monoisotopic (exact) mass is 339 g/mol. The highest BCUT2D eigenvalue weighted by Crippen LogP contribution is 2.32. The van der Waals surface area contributed by atoms with E-state index in [9.17, 15) is 4.79 Å². The van der Waals surface area contributed by atoms with E-state index in [2.05, 4.69) is 34.6 Å². The molecule has 0 radical (unpaired) electrons. The Hall–Kier alpha value is -1.73. The van der Waals surface area contributed by atoms with Crippen molar-refractivity contribution in [1.29, 1.82) is 0 Å². The number of nitrogens with one attached hydrogen (secondary N) is 2. The maximum Gasteiger partial charge on any atom is 0.319 e. The fourth-order valence-corrected chi connectivity index (χ4v) is 2.83. The minimum atomic E-state index is -0.309. The van der Waals surface area contributed by atoms with Crippen LogP contribution in [0.2, 0.25) is 5.02 Å². The predicted octanol–water partition coefficient (Wildman–Crippen LogP) is 3.29. The molecule has 2 aromatic rings. The molecule has 0 fully saturated rings. The van der Waals surface area contributed by atoms with E-state index in [1.54, 1.807) is 29.6 Å². The molecule has 1 aromatic heterocycles. The van der Waals surface area contributed by atoms with Gasteiger partial charge in [0.1, 0.15) is 12.2 Å². The molecule has 6 nitrogen and oxygen atoms in total. The number of halogens is 1. The normalized spacial score (nSPS) is 10.8. The summed E-state index contributed by atoms with van der Waals surface area (Å²) in [5.41, 5.74) is 0.696. The van der Waals surface area contributed by atoms with Crippen molar-refractivity contribution in [3.8, 4) is 0 Å². The number of amides is 2. The van der Waals surface area contributed by atoms with Crippen LogP contribution in [0.4, 0.5) is 10.5 Å². The number of carbonyl (C=O) groups excluding carboxylic acids is 1. The van der Waals surface area contributed by atoms with Crippen LogP contribution in [0.15, 0.2) is 29.4 Å². The zero-order chi connectivity index (χ0) is 16.1. The van der Waals surface area contributed by atoms with E-state index < -0.39 is 0 Å². The zero-order valence-corrected chi connectivity index (χ0v) is 14.2. The van der Waals surface area contributed by atoms with Crippen LogP contribution in [-0.4, -0.2) is 26.0 Å². The van der Waals surface area contributed by atoms with Crippen molar-refractivity contribution in [3.05, 3.63) is 35.4 Å². The smallest absolute Gasteiger partial charge is 0.319 e. The summed E-state index contributed by atoms with van der Waals surface area (Å²) in [4.78, 5) is 17.1. The molecule has 8 heteroatoms. The summed E-state index contributed by atoms with van der Waals surface area (Å²) in [6.07, 6.45) is 1.45. The molecule has 0 bridgehead atoms. The first kappa shape index (κ1) is 16.6. The van der Waals surface area contributed by atoms with E-state index in [4.69, 9.17) is 11.6 Å². The average Bonchev–Trinajstić information content (AvgIpc) is 2.84. The highest BCUT2D eigenvalue weighted by atomic mass is 35.5. The van der Waals surface area contributed by atoms with Crippen LogP contribution in [0.3, 0.4) is 0 Å². The summed E-state index contributed by atoms with van der Waals surface area (Å²) < 4.78 is 1.61. The molecule has 0 saturated carbocycles. The number of anilines is 1. The maximum absolute atomic E-state index is 12.0. The lowest BCUT2D eigenvalue weighted by Gasteiger charge is -2.13. The number of benzene rings is 1. The molecule has 0 atom stereocenters. The molecule has 0 unspecified atom stereocenters. The van der Waals surface area contributed by atoms with Crippen molar-refractivity contribution in [1.82, 2.24) is 20.1 Å². The summed E-state index contributed by atoms with van der Waals surface area (Å²) in [6.45, 7) is 4.49. The lowest BCUT2D eigenvalue weighted by molar-refractivity contribution is 0.251. The minimum absolute atomic E-state index is 0.301. The number of hydrogen-bond acceptors (Lipinski definition) is 4. The third-order valence-corrected chi connectivity index (χ3v) is 4.08. The van der Waals surface area contributed by atoms with E-state index >= 15 is 0 Å². The van der Waals surface area contributed by atoms with E-state index in [1.165, 1.54) is 6.33 Å². The number of rotatable bonds is 5. The van der Waals surface area contributed by atoms with Gasteiger partial charge in [-0.3, -0.25) is 4.68 Å². The van der Waals surface area contributed by atoms with E-state index in [0.717, 1.165) is 4.90 Å². The SMILES string of the molecule is CC(C)Sc1ccc(Cl)cc1NC(=O)NCc1ncnn1C. The standard InChI is InChI=1S/C14H18ClN5OS/c1-9(2)22-12-5-4-10(15)6-11(12)19-14(21)16-7-13-17-8-18-20(13)3/h4-6,8-9H,7H2,1-3H3,(H2,16,19,21). The number of aromatic nitrogens is 3. The van der Waals surface area contributed by atoms with Gasteiger partial charge in [-0.05, 0) is 18.2 Å². The Bertz CT molecular complexity index is 658. The quantitative estimate of drug-likeness (QED) is 0.820. The van der Waals surface area contributed by atoms with Gasteiger partial charge in [0.05, 0.1) is 12.2 Å². The van der Waals surface area contributed by atoms with E-state index in [1.807, 2.05) is 12.1 Å². The first-order valence-corrected chi connectivity index (χ1v) is 8.05. The Morgan fingerprint density at radius 2 is 2.23 bits per heavy atom. The molecule has 1 aromatic carbocycles. The van der Waals surface area contributed by atoms with Crippen LogP contribution in [0, 0.1) is 0 Å². The van der Waals surface area contributed by atoms with Crippen molar-refractivity contribution in [2.45, 2.75) is 30.5 Å². The number of urea groups is 1.